The molecular weight excluding hydrogens is 214 g/mol. The molecule has 0 saturated carbocycles. The van der Waals surface area contributed by atoms with E-state index in [1.807, 2.05) is 43.3 Å². The van der Waals surface area contributed by atoms with E-state index in [0.29, 0.717) is 0 Å². The van der Waals surface area contributed by atoms with E-state index < -0.39 is 0 Å². The molecule has 0 bridgehead atoms. The first kappa shape index (κ1) is 13.0. The van der Waals surface area contributed by atoms with Crippen LogP contribution in [0.25, 0.3) is 6.08 Å². The van der Waals surface area contributed by atoms with Crippen LogP contribution < -0.4 is 4.90 Å². The molecule has 1 rings (SSSR count). The summed E-state index contributed by atoms with van der Waals surface area (Å²) in [6.07, 6.45) is 4.34. The lowest BCUT2D eigenvalue weighted by atomic mass is 10.1. The zero-order valence-electron chi connectivity index (χ0n) is 10.3. The largest absolute Gasteiger partial charge is 0.512 e. The number of anilines is 1. The molecule has 90 valence electrons. The van der Waals surface area contributed by atoms with E-state index in [1.165, 1.54) is 19.1 Å². The lowest BCUT2D eigenvalue weighted by molar-refractivity contribution is -0.110. The summed E-state index contributed by atoms with van der Waals surface area (Å²) in [6, 6.07) is 7.85. The summed E-state index contributed by atoms with van der Waals surface area (Å²) in [5.41, 5.74) is 2.06. The Labute approximate surface area is 102 Å². The molecule has 0 amide bonds. The van der Waals surface area contributed by atoms with Crippen LogP contribution >= 0.6 is 0 Å². The third-order valence-electron chi connectivity index (χ3n) is 2.20. The Bertz CT molecular complexity index is 438. The van der Waals surface area contributed by atoms with Gasteiger partial charge in [0.15, 0.2) is 5.78 Å². The van der Waals surface area contributed by atoms with Crippen LogP contribution in [0.5, 0.6) is 0 Å². The SMILES string of the molecule is C/C(O)=C/C(=O)/C=C/c1ccc(N(C)C)cc1. The van der Waals surface area contributed by atoms with Gasteiger partial charge in [-0.3, -0.25) is 4.79 Å². The quantitative estimate of drug-likeness (QED) is 0.640. The summed E-state index contributed by atoms with van der Waals surface area (Å²) in [6.45, 7) is 1.47. The summed E-state index contributed by atoms with van der Waals surface area (Å²) in [5, 5.41) is 8.92. The molecule has 0 aliphatic heterocycles. The Morgan fingerprint density at radius 3 is 2.29 bits per heavy atom. The molecule has 0 spiro atoms. The van der Waals surface area contributed by atoms with Crippen LogP contribution in [-0.4, -0.2) is 25.0 Å². The fraction of sp³-hybridized carbons (Fsp3) is 0.214. The van der Waals surface area contributed by atoms with Crippen LogP contribution in [0, 0.1) is 0 Å². The third-order valence-corrected chi connectivity index (χ3v) is 2.20. The second kappa shape index (κ2) is 5.89. The van der Waals surface area contributed by atoms with E-state index in [-0.39, 0.29) is 11.5 Å². The monoisotopic (exact) mass is 231 g/mol. The highest BCUT2D eigenvalue weighted by molar-refractivity contribution is 6.02. The average molecular weight is 231 g/mol. The fourth-order valence-corrected chi connectivity index (χ4v) is 1.32. The molecule has 0 aliphatic carbocycles. The molecule has 0 radical (unpaired) electrons. The topological polar surface area (TPSA) is 40.5 Å². The van der Waals surface area contributed by atoms with E-state index >= 15 is 0 Å². The molecule has 3 nitrogen and oxygen atoms in total. The maximum atomic E-state index is 11.3. The summed E-state index contributed by atoms with van der Waals surface area (Å²) >= 11 is 0. The number of hydrogen-bond acceptors (Lipinski definition) is 3. The Morgan fingerprint density at radius 1 is 1.24 bits per heavy atom. The van der Waals surface area contributed by atoms with Crippen LogP contribution in [0.15, 0.2) is 42.2 Å². The maximum Gasteiger partial charge on any atom is 0.181 e. The van der Waals surface area contributed by atoms with E-state index in [1.54, 1.807) is 6.08 Å². The maximum absolute atomic E-state index is 11.3. The van der Waals surface area contributed by atoms with Crippen molar-refractivity contribution in [3.8, 4) is 0 Å². The molecule has 0 heterocycles. The summed E-state index contributed by atoms with van der Waals surface area (Å²) in [7, 11) is 3.95. The molecule has 1 aromatic rings. The number of nitrogens with zero attached hydrogens (tertiary/aromatic N) is 1. The predicted octanol–water partition coefficient (Wildman–Crippen LogP) is 2.80. The highest BCUT2D eigenvalue weighted by atomic mass is 16.3. The Morgan fingerprint density at radius 2 is 1.82 bits per heavy atom. The lowest BCUT2D eigenvalue weighted by Gasteiger charge is -2.11. The van der Waals surface area contributed by atoms with Gasteiger partial charge in [0, 0.05) is 25.9 Å². The first-order valence-corrected chi connectivity index (χ1v) is 5.36. The molecule has 0 aliphatic rings. The first-order valence-electron chi connectivity index (χ1n) is 5.36. The van der Waals surface area contributed by atoms with Gasteiger partial charge in [0.2, 0.25) is 0 Å². The number of aliphatic hydroxyl groups is 1. The zero-order chi connectivity index (χ0) is 12.8. The van der Waals surface area contributed by atoms with Crippen molar-refractivity contribution < 1.29 is 9.90 Å². The summed E-state index contributed by atoms with van der Waals surface area (Å²) < 4.78 is 0. The van der Waals surface area contributed by atoms with Crippen molar-refractivity contribution >= 4 is 17.5 Å². The van der Waals surface area contributed by atoms with E-state index in [9.17, 15) is 4.79 Å². The predicted molar refractivity (Wildman–Crippen MR) is 71.2 cm³/mol. The fourth-order valence-electron chi connectivity index (χ4n) is 1.32. The van der Waals surface area contributed by atoms with Crippen molar-refractivity contribution in [3.63, 3.8) is 0 Å². The van der Waals surface area contributed by atoms with Crippen molar-refractivity contribution in [1.29, 1.82) is 0 Å². The van der Waals surface area contributed by atoms with Crippen molar-refractivity contribution in [3.05, 3.63) is 47.7 Å². The first-order chi connectivity index (χ1) is 7.99. The van der Waals surface area contributed by atoms with Crippen LogP contribution in [0.1, 0.15) is 12.5 Å². The second-order valence-electron chi connectivity index (χ2n) is 4.01. The van der Waals surface area contributed by atoms with Gasteiger partial charge in [0.05, 0.1) is 5.76 Å². The van der Waals surface area contributed by atoms with E-state index in [4.69, 9.17) is 5.11 Å². The second-order valence-corrected chi connectivity index (χ2v) is 4.01. The molecule has 3 heteroatoms. The Balaban J connectivity index is 2.73. The third kappa shape index (κ3) is 4.55. The summed E-state index contributed by atoms with van der Waals surface area (Å²) in [4.78, 5) is 13.3. The van der Waals surface area contributed by atoms with Gasteiger partial charge < -0.3 is 10.0 Å². The van der Waals surface area contributed by atoms with E-state index in [0.717, 1.165) is 11.3 Å². The minimum Gasteiger partial charge on any atom is -0.512 e. The number of benzene rings is 1. The molecule has 0 saturated heterocycles. The number of carbonyl (C=O) groups excluding carboxylic acids is 1. The summed E-state index contributed by atoms with van der Waals surface area (Å²) in [5.74, 6) is -0.204. The van der Waals surface area contributed by atoms with Gasteiger partial charge in [-0.2, -0.15) is 0 Å². The van der Waals surface area contributed by atoms with Crippen molar-refractivity contribution in [1.82, 2.24) is 0 Å². The standard InChI is InChI=1S/C14H17NO2/c1-11(16)10-14(17)9-6-12-4-7-13(8-5-12)15(2)3/h4-10,16H,1-3H3/b9-6+,11-10-. The number of carbonyl (C=O) groups is 1. The number of hydrogen-bond donors (Lipinski definition) is 1. The van der Waals surface area contributed by atoms with Gasteiger partial charge in [-0.05, 0) is 30.7 Å². The van der Waals surface area contributed by atoms with Crippen LogP contribution in [0.3, 0.4) is 0 Å². The van der Waals surface area contributed by atoms with Gasteiger partial charge in [-0.25, -0.2) is 0 Å². The minimum absolute atomic E-state index is 0.0163. The molecular formula is C14H17NO2. The Hall–Kier alpha value is -2.03. The van der Waals surface area contributed by atoms with E-state index in [2.05, 4.69) is 0 Å². The smallest absolute Gasteiger partial charge is 0.181 e. The average Bonchev–Trinajstić information content (AvgIpc) is 2.26. The Kier molecular flexibility index (Phi) is 4.52. The normalized spacial score (nSPS) is 11.8. The van der Waals surface area contributed by atoms with Crippen LogP contribution in [0.4, 0.5) is 5.69 Å². The van der Waals surface area contributed by atoms with Gasteiger partial charge >= 0.3 is 0 Å². The number of rotatable bonds is 4. The molecule has 0 aromatic heterocycles. The number of aliphatic hydroxyl groups excluding tert-OH is 1. The lowest BCUT2D eigenvalue weighted by Crippen LogP contribution is -2.07. The molecule has 0 atom stereocenters. The van der Waals surface area contributed by atoms with Gasteiger partial charge in [-0.15, -0.1) is 0 Å². The van der Waals surface area contributed by atoms with Crippen LogP contribution in [0.2, 0.25) is 0 Å². The molecule has 0 unspecified atom stereocenters. The van der Waals surface area contributed by atoms with Crippen molar-refractivity contribution in [2.45, 2.75) is 6.92 Å². The van der Waals surface area contributed by atoms with Gasteiger partial charge in [0.25, 0.3) is 0 Å². The highest BCUT2D eigenvalue weighted by Crippen LogP contribution is 2.13. The van der Waals surface area contributed by atoms with Crippen molar-refractivity contribution in [2.75, 3.05) is 19.0 Å². The van der Waals surface area contributed by atoms with Crippen molar-refractivity contribution in [2.24, 2.45) is 0 Å². The highest BCUT2D eigenvalue weighted by Gasteiger charge is 1.95. The van der Waals surface area contributed by atoms with Gasteiger partial charge in [-0.1, -0.05) is 18.2 Å². The molecule has 1 aromatic carbocycles. The number of allylic oxidation sites excluding steroid dienone is 3. The molecule has 0 fully saturated rings. The molecule has 17 heavy (non-hydrogen) atoms. The van der Waals surface area contributed by atoms with Gasteiger partial charge in [0.1, 0.15) is 0 Å². The molecule has 1 N–H and O–H groups in total. The minimum atomic E-state index is -0.221. The van der Waals surface area contributed by atoms with Crippen LogP contribution in [-0.2, 0) is 4.79 Å². The number of ketones is 1. The zero-order valence-corrected chi connectivity index (χ0v) is 10.3.